The quantitative estimate of drug-likeness (QED) is 0.860. The van der Waals surface area contributed by atoms with Crippen LogP contribution >= 0.6 is 0 Å². The first-order valence-corrected chi connectivity index (χ1v) is 5.35. The van der Waals surface area contributed by atoms with Gasteiger partial charge in [0.05, 0.1) is 0 Å². The molecule has 4 heteroatoms. The van der Waals surface area contributed by atoms with Gasteiger partial charge in [-0.2, -0.15) is 0 Å². The molecule has 0 fully saturated rings. The third-order valence-corrected chi connectivity index (χ3v) is 2.58. The predicted molar refractivity (Wildman–Crippen MR) is 64.1 cm³/mol. The molecule has 2 rings (SSSR count). The van der Waals surface area contributed by atoms with E-state index in [1.807, 2.05) is 24.3 Å². The molecule has 2 heterocycles. The number of rotatable bonds is 4. The number of nitrogens with zero attached hydrogens (tertiary/aromatic N) is 2. The fraction of sp³-hybridized carbons (Fsp3) is 0.154. The van der Waals surface area contributed by atoms with Crippen LogP contribution in [0.25, 0.3) is 0 Å². The third kappa shape index (κ3) is 2.87. The van der Waals surface area contributed by atoms with Gasteiger partial charge in [0, 0.05) is 37.1 Å². The Morgan fingerprint density at radius 1 is 1.12 bits per heavy atom. The highest BCUT2D eigenvalue weighted by atomic mass is 16.1. The second-order valence-electron chi connectivity index (χ2n) is 3.80. The molecular weight excluding hydrogens is 214 g/mol. The van der Waals surface area contributed by atoms with Crippen molar-refractivity contribution in [1.29, 1.82) is 0 Å². The Hall–Kier alpha value is -2.23. The minimum absolute atomic E-state index is 0.0742. The number of amides is 1. The molecule has 0 aromatic carbocycles. The van der Waals surface area contributed by atoms with Gasteiger partial charge >= 0.3 is 0 Å². The van der Waals surface area contributed by atoms with Crippen molar-refractivity contribution < 1.29 is 4.79 Å². The highest BCUT2D eigenvalue weighted by Crippen LogP contribution is 2.26. The Labute approximate surface area is 99.5 Å². The zero-order valence-electron chi connectivity index (χ0n) is 9.28. The number of hydrogen-bond acceptors (Lipinski definition) is 3. The highest BCUT2D eigenvalue weighted by Gasteiger charge is 2.16. The standard InChI is InChI=1S/C13H13N3O/c14-13(17)7-12(10-3-1-5-15-8-10)11-4-2-6-16-9-11/h1-6,8-9,12H,7H2,(H2,14,17). The fourth-order valence-electron chi connectivity index (χ4n) is 1.79. The highest BCUT2D eigenvalue weighted by molar-refractivity contribution is 5.75. The number of carbonyl (C=O) groups is 1. The molecule has 0 saturated heterocycles. The molecule has 0 unspecified atom stereocenters. The van der Waals surface area contributed by atoms with Gasteiger partial charge < -0.3 is 5.73 Å². The maximum atomic E-state index is 11.1. The van der Waals surface area contributed by atoms with E-state index < -0.39 is 0 Å². The van der Waals surface area contributed by atoms with E-state index in [2.05, 4.69) is 9.97 Å². The summed E-state index contributed by atoms with van der Waals surface area (Å²) >= 11 is 0. The maximum Gasteiger partial charge on any atom is 0.218 e. The summed E-state index contributed by atoms with van der Waals surface area (Å²) in [4.78, 5) is 19.3. The molecule has 0 aliphatic carbocycles. The SMILES string of the molecule is NC(=O)CC(c1cccnc1)c1cccnc1. The van der Waals surface area contributed by atoms with Gasteiger partial charge in [0.15, 0.2) is 0 Å². The van der Waals surface area contributed by atoms with Crippen molar-refractivity contribution in [3.05, 3.63) is 60.2 Å². The van der Waals surface area contributed by atoms with Crippen LogP contribution in [-0.4, -0.2) is 15.9 Å². The molecule has 0 spiro atoms. The Morgan fingerprint density at radius 3 is 2.00 bits per heavy atom. The van der Waals surface area contributed by atoms with Gasteiger partial charge in [0.25, 0.3) is 0 Å². The van der Waals surface area contributed by atoms with E-state index in [9.17, 15) is 4.79 Å². The van der Waals surface area contributed by atoms with Crippen LogP contribution in [0.1, 0.15) is 23.5 Å². The van der Waals surface area contributed by atoms with Crippen LogP contribution in [0.15, 0.2) is 49.1 Å². The molecule has 1 amide bonds. The summed E-state index contributed by atoms with van der Waals surface area (Å²) in [5.41, 5.74) is 7.23. The zero-order chi connectivity index (χ0) is 12.1. The molecule has 0 aliphatic heterocycles. The number of carbonyl (C=O) groups excluding carboxylic acids is 1. The third-order valence-electron chi connectivity index (χ3n) is 2.58. The van der Waals surface area contributed by atoms with Crippen LogP contribution in [0.4, 0.5) is 0 Å². The van der Waals surface area contributed by atoms with Gasteiger partial charge in [-0.3, -0.25) is 14.8 Å². The van der Waals surface area contributed by atoms with E-state index in [4.69, 9.17) is 5.73 Å². The van der Waals surface area contributed by atoms with Crippen molar-refractivity contribution in [2.24, 2.45) is 5.73 Å². The molecule has 0 bridgehead atoms. The molecule has 2 aromatic heterocycles. The fourth-order valence-corrected chi connectivity index (χ4v) is 1.79. The van der Waals surface area contributed by atoms with Gasteiger partial charge in [-0.1, -0.05) is 12.1 Å². The van der Waals surface area contributed by atoms with E-state index >= 15 is 0 Å². The topological polar surface area (TPSA) is 68.9 Å². The lowest BCUT2D eigenvalue weighted by Crippen LogP contribution is -2.16. The number of aromatic nitrogens is 2. The molecular formula is C13H13N3O. The van der Waals surface area contributed by atoms with Crippen LogP contribution in [0.3, 0.4) is 0 Å². The smallest absolute Gasteiger partial charge is 0.218 e. The van der Waals surface area contributed by atoms with Gasteiger partial charge in [-0.05, 0) is 23.3 Å². The second-order valence-corrected chi connectivity index (χ2v) is 3.80. The molecule has 2 aromatic rings. The minimum atomic E-state index is -0.331. The van der Waals surface area contributed by atoms with Gasteiger partial charge in [0.1, 0.15) is 0 Å². The van der Waals surface area contributed by atoms with Crippen molar-refractivity contribution in [2.45, 2.75) is 12.3 Å². The normalized spacial score (nSPS) is 10.4. The molecule has 0 aliphatic rings. The number of pyridine rings is 2. The Bertz CT molecular complexity index is 445. The molecule has 86 valence electrons. The summed E-state index contributed by atoms with van der Waals surface area (Å²) in [6, 6.07) is 7.57. The van der Waals surface area contributed by atoms with Crippen LogP contribution in [-0.2, 0) is 4.79 Å². The average Bonchev–Trinajstić information content (AvgIpc) is 2.38. The summed E-state index contributed by atoms with van der Waals surface area (Å²) in [7, 11) is 0. The summed E-state index contributed by atoms with van der Waals surface area (Å²) in [6.07, 6.45) is 7.17. The van der Waals surface area contributed by atoms with Crippen molar-refractivity contribution >= 4 is 5.91 Å². The second kappa shape index (κ2) is 5.21. The molecule has 0 radical (unpaired) electrons. The van der Waals surface area contributed by atoms with Gasteiger partial charge in [-0.25, -0.2) is 0 Å². The lowest BCUT2D eigenvalue weighted by molar-refractivity contribution is -0.118. The summed E-state index contributed by atoms with van der Waals surface area (Å²) in [5.74, 6) is -0.405. The summed E-state index contributed by atoms with van der Waals surface area (Å²) in [5, 5.41) is 0. The van der Waals surface area contributed by atoms with Crippen LogP contribution in [0.5, 0.6) is 0 Å². The van der Waals surface area contributed by atoms with Crippen LogP contribution < -0.4 is 5.73 Å². The van der Waals surface area contributed by atoms with Crippen molar-refractivity contribution in [3.8, 4) is 0 Å². The van der Waals surface area contributed by atoms with Crippen LogP contribution in [0.2, 0.25) is 0 Å². The first-order chi connectivity index (χ1) is 8.27. The molecule has 4 nitrogen and oxygen atoms in total. The molecule has 0 atom stereocenters. The first kappa shape index (κ1) is 11.3. The Morgan fingerprint density at radius 2 is 1.65 bits per heavy atom. The number of nitrogens with two attached hydrogens (primary N) is 1. The minimum Gasteiger partial charge on any atom is -0.370 e. The lowest BCUT2D eigenvalue weighted by Gasteiger charge is -2.15. The van der Waals surface area contributed by atoms with Crippen molar-refractivity contribution in [3.63, 3.8) is 0 Å². The predicted octanol–water partition coefficient (Wildman–Crippen LogP) is 1.48. The Kier molecular flexibility index (Phi) is 3.45. The Balaban J connectivity index is 2.36. The van der Waals surface area contributed by atoms with Gasteiger partial charge in [-0.15, -0.1) is 0 Å². The van der Waals surface area contributed by atoms with Crippen molar-refractivity contribution in [1.82, 2.24) is 9.97 Å². The molecule has 17 heavy (non-hydrogen) atoms. The lowest BCUT2D eigenvalue weighted by atomic mass is 9.90. The average molecular weight is 227 g/mol. The maximum absolute atomic E-state index is 11.1. The number of hydrogen-bond donors (Lipinski definition) is 1. The van der Waals surface area contributed by atoms with E-state index in [-0.39, 0.29) is 18.2 Å². The monoisotopic (exact) mass is 227 g/mol. The van der Waals surface area contributed by atoms with E-state index in [0.29, 0.717) is 0 Å². The summed E-state index contributed by atoms with van der Waals surface area (Å²) in [6.45, 7) is 0. The van der Waals surface area contributed by atoms with E-state index in [1.165, 1.54) is 0 Å². The van der Waals surface area contributed by atoms with Crippen LogP contribution in [0, 0.1) is 0 Å². The van der Waals surface area contributed by atoms with E-state index in [0.717, 1.165) is 11.1 Å². The number of primary amides is 1. The first-order valence-electron chi connectivity index (χ1n) is 5.35. The molecule has 2 N–H and O–H groups in total. The van der Waals surface area contributed by atoms with E-state index in [1.54, 1.807) is 24.8 Å². The summed E-state index contributed by atoms with van der Waals surface area (Å²) < 4.78 is 0. The zero-order valence-corrected chi connectivity index (χ0v) is 9.28. The largest absolute Gasteiger partial charge is 0.370 e. The molecule has 0 saturated carbocycles. The van der Waals surface area contributed by atoms with Crippen molar-refractivity contribution in [2.75, 3.05) is 0 Å². The van der Waals surface area contributed by atoms with Gasteiger partial charge in [0.2, 0.25) is 5.91 Å².